The van der Waals surface area contributed by atoms with Gasteiger partial charge in [-0.3, -0.25) is 4.79 Å². The smallest absolute Gasteiger partial charge is 0.309 e. The summed E-state index contributed by atoms with van der Waals surface area (Å²) in [7, 11) is 0. The second-order valence-electron chi connectivity index (χ2n) is 13.1. The first-order chi connectivity index (χ1) is 15.9. The van der Waals surface area contributed by atoms with Crippen LogP contribution in [0.4, 0.5) is 0 Å². The van der Waals surface area contributed by atoms with Gasteiger partial charge in [-0.15, -0.1) is 0 Å². The van der Waals surface area contributed by atoms with E-state index < -0.39 is 24.4 Å². The van der Waals surface area contributed by atoms with Gasteiger partial charge in [-0.25, -0.2) is 0 Å². The third kappa shape index (κ3) is 4.25. The van der Waals surface area contributed by atoms with Crippen LogP contribution in [-0.4, -0.2) is 57.4 Å². The monoisotopic (exact) mass is 480 g/mol. The summed E-state index contributed by atoms with van der Waals surface area (Å²) in [6.45, 7) is 11.2. The highest BCUT2D eigenvalue weighted by Gasteiger charge is 2.62. The molecule has 3 aliphatic carbocycles. The molecule has 0 aromatic heterocycles. The van der Waals surface area contributed by atoms with Crippen molar-refractivity contribution in [2.45, 2.75) is 110 Å². The van der Waals surface area contributed by atoms with Crippen molar-refractivity contribution in [3.05, 3.63) is 0 Å². The Hall–Kier alpha value is -0.690. The quantitative estimate of drug-likeness (QED) is 0.433. The zero-order chi connectivity index (χ0) is 25.0. The van der Waals surface area contributed by atoms with Crippen LogP contribution in [-0.2, 0) is 9.53 Å². The van der Waals surface area contributed by atoms with E-state index in [0.717, 1.165) is 32.1 Å². The predicted octanol–water partition coefficient (Wildman–Crippen LogP) is 3.53. The highest BCUT2D eigenvalue weighted by atomic mass is 16.5. The summed E-state index contributed by atoms with van der Waals surface area (Å²) in [6.07, 6.45) is 3.23. The van der Waals surface area contributed by atoms with E-state index in [1.54, 1.807) is 0 Å². The van der Waals surface area contributed by atoms with Crippen LogP contribution in [0.2, 0.25) is 0 Å². The van der Waals surface area contributed by atoms with Gasteiger partial charge in [0.1, 0.15) is 0 Å². The molecule has 0 aromatic carbocycles. The van der Waals surface area contributed by atoms with Gasteiger partial charge in [-0.2, -0.15) is 0 Å². The molecule has 0 aromatic rings. The predicted molar refractivity (Wildman–Crippen MR) is 130 cm³/mol. The Morgan fingerprint density at radius 1 is 1.03 bits per heavy atom. The third-order valence-electron chi connectivity index (χ3n) is 11.2. The zero-order valence-corrected chi connectivity index (χ0v) is 21.8. The molecule has 0 radical (unpaired) electrons. The van der Waals surface area contributed by atoms with E-state index in [0.29, 0.717) is 37.2 Å². The fourth-order valence-electron chi connectivity index (χ4n) is 9.11. The molecule has 4 rings (SSSR count). The van der Waals surface area contributed by atoms with Gasteiger partial charge in [0.2, 0.25) is 0 Å². The molecule has 1 saturated heterocycles. The second-order valence-corrected chi connectivity index (χ2v) is 13.1. The average Bonchev–Trinajstić information content (AvgIpc) is 3.05. The molecule has 196 valence electrons. The van der Waals surface area contributed by atoms with Crippen LogP contribution >= 0.6 is 0 Å². The van der Waals surface area contributed by atoms with Crippen molar-refractivity contribution in [3.8, 4) is 0 Å². The number of aliphatic hydroxyl groups is 4. The lowest BCUT2D eigenvalue weighted by atomic mass is 9.49. The first-order valence-electron chi connectivity index (χ1n) is 13.8. The standard InChI is InChI=1S/C28H48O6/c1-6-17(15(2)3)25(32)23(30)11-16-7-8-19-18-14-34-26(33)21-12-22(29)24(31)13-28(21,5)20(18)9-10-27(16,19)4/h15-25,29-32H,6-14H2,1-5H3. The fourth-order valence-corrected chi connectivity index (χ4v) is 9.11. The Kier molecular flexibility index (Phi) is 7.48. The number of fused-ring (bicyclic) bond motifs is 5. The molecule has 34 heavy (non-hydrogen) atoms. The largest absolute Gasteiger partial charge is 0.465 e. The third-order valence-corrected chi connectivity index (χ3v) is 11.2. The van der Waals surface area contributed by atoms with Gasteiger partial charge in [0.25, 0.3) is 0 Å². The maximum absolute atomic E-state index is 13.0. The summed E-state index contributed by atoms with van der Waals surface area (Å²) in [5.74, 6) is 1.13. The minimum atomic E-state index is -0.863. The van der Waals surface area contributed by atoms with Crippen LogP contribution in [0.1, 0.15) is 86.0 Å². The summed E-state index contributed by atoms with van der Waals surface area (Å²) in [6, 6.07) is 0. The van der Waals surface area contributed by atoms with Gasteiger partial charge in [0, 0.05) is 0 Å². The molecule has 0 spiro atoms. The SMILES string of the molecule is CCC(C(C)C)C(O)C(O)CC1CCC2C3COC(=O)C4CC(O)C(O)CC4(C)C3CCC12C. The lowest BCUT2D eigenvalue weighted by Crippen LogP contribution is -2.54. The average molecular weight is 481 g/mol. The van der Waals surface area contributed by atoms with Crippen LogP contribution < -0.4 is 0 Å². The Labute approximate surface area is 205 Å². The summed E-state index contributed by atoms with van der Waals surface area (Å²) < 4.78 is 5.85. The minimum absolute atomic E-state index is 0.0524. The van der Waals surface area contributed by atoms with Crippen molar-refractivity contribution in [2.75, 3.05) is 6.61 Å². The van der Waals surface area contributed by atoms with E-state index in [1.165, 1.54) is 0 Å². The number of carbonyl (C=O) groups is 1. The number of ether oxygens (including phenoxy) is 1. The molecule has 1 aliphatic heterocycles. The number of cyclic esters (lactones) is 1. The van der Waals surface area contributed by atoms with Crippen LogP contribution in [0.5, 0.6) is 0 Å². The summed E-state index contributed by atoms with van der Waals surface area (Å²) in [5, 5.41) is 42.7. The maximum atomic E-state index is 13.0. The number of hydrogen-bond acceptors (Lipinski definition) is 6. The van der Waals surface area contributed by atoms with Crippen LogP contribution in [0.25, 0.3) is 0 Å². The van der Waals surface area contributed by atoms with Gasteiger partial charge in [-0.05, 0) is 91.3 Å². The Balaban J connectivity index is 1.53. The molecule has 12 unspecified atom stereocenters. The molecule has 1 heterocycles. The van der Waals surface area contributed by atoms with Gasteiger partial charge in [0.15, 0.2) is 0 Å². The number of aliphatic hydroxyl groups excluding tert-OH is 4. The van der Waals surface area contributed by atoms with E-state index in [-0.39, 0.29) is 46.9 Å². The Morgan fingerprint density at radius 2 is 1.71 bits per heavy atom. The number of hydrogen-bond donors (Lipinski definition) is 4. The number of esters is 1. The number of carbonyl (C=O) groups excluding carboxylic acids is 1. The second kappa shape index (κ2) is 9.64. The topological polar surface area (TPSA) is 107 Å². The molecule has 6 heteroatoms. The Morgan fingerprint density at radius 3 is 2.35 bits per heavy atom. The van der Waals surface area contributed by atoms with Crippen molar-refractivity contribution < 1.29 is 30.0 Å². The molecule has 4 N–H and O–H groups in total. The van der Waals surface area contributed by atoms with Crippen molar-refractivity contribution in [1.29, 1.82) is 0 Å². The molecule has 4 aliphatic rings. The van der Waals surface area contributed by atoms with Crippen molar-refractivity contribution in [2.24, 2.45) is 52.3 Å². The molecule has 6 nitrogen and oxygen atoms in total. The van der Waals surface area contributed by atoms with E-state index in [1.807, 2.05) is 0 Å². The lowest BCUT2D eigenvalue weighted by Gasteiger charge is -2.55. The molecule has 3 saturated carbocycles. The molecule has 4 fully saturated rings. The van der Waals surface area contributed by atoms with Crippen LogP contribution in [0, 0.1) is 52.3 Å². The minimum Gasteiger partial charge on any atom is -0.465 e. The summed E-state index contributed by atoms with van der Waals surface area (Å²) in [4.78, 5) is 13.0. The Bertz CT molecular complexity index is 740. The van der Waals surface area contributed by atoms with E-state index in [4.69, 9.17) is 4.74 Å². The molecular formula is C28H48O6. The van der Waals surface area contributed by atoms with Gasteiger partial charge in [0.05, 0.1) is 36.9 Å². The fraction of sp³-hybridized carbons (Fsp3) is 0.964. The molecule has 0 bridgehead atoms. The summed E-state index contributed by atoms with van der Waals surface area (Å²) in [5.41, 5.74) is -0.311. The van der Waals surface area contributed by atoms with Crippen LogP contribution in [0.3, 0.4) is 0 Å². The van der Waals surface area contributed by atoms with Crippen molar-refractivity contribution >= 4 is 5.97 Å². The zero-order valence-electron chi connectivity index (χ0n) is 21.8. The van der Waals surface area contributed by atoms with E-state index in [2.05, 4.69) is 34.6 Å². The van der Waals surface area contributed by atoms with Crippen molar-refractivity contribution in [1.82, 2.24) is 0 Å². The number of rotatable bonds is 6. The first kappa shape index (κ1) is 26.4. The molecule has 0 amide bonds. The van der Waals surface area contributed by atoms with Crippen LogP contribution in [0.15, 0.2) is 0 Å². The highest BCUT2D eigenvalue weighted by Crippen LogP contribution is 2.65. The highest BCUT2D eigenvalue weighted by molar-refractivity contribution is 5.74. The lowest BCUT2D eigenvalue weighted by molar-refractivity contribution is -0.162. The van der Waals surface area contributed by atoms with Gasteiger partial charge < -0.3 is 25.2 Å². The van der Waals surface area contributed by atoms with E-state index in [9.17, 15) is 25.2 Å². The maximum Gasteiger partial charge on any atom is 0.309 e. The van der Waals surface area contributed by atoms with Gasteiger partial charge in [-0.1, -0.05) is 41.0 Å². The van der Waals surface area contributed by atoms with Crippen molar-refractivity contribution in [3.63, 3.8) is 0 Å². The van der Waals surface area contributed by atoms with Gasteiger partial charge >= 0.3 is 5.97 Å². The molecular weight excluding hydrogens is 432 g/mol. The van der Waals surface area contributed by atoms with E-state index >= 15 is 0 Å². The molecule has 12 atom stereocenters. The summed E-state index contributed by atoms with van der Waals surface area (Å²) >= 11 is 0. The normalized spacial score (nSPS) is 47.1. The first-order valence-corrected chi connectivity index (χ1v) is 13.8.